The first-order chi connectivity index (χ1) is 10.8. The van der Waals surface area contributed by atoms with Crippen molar-refractivity contribution in [2.24, 2.45) is 5.73 Å². The van der Waals surface area contributed by atoms with Gasteiger partial charge in [0.1, 0.15) is 18.1 Å². The first kappa shape index (κ1) is 18.8. The number of rotatable bonds is 7. The second-order valence-electron chi connectivity index (χ2n) is 5.26. The van der Waals surface area contributed by atoms with Gasteiger partial charge in [-0.25, -0.2) is 0 Å². The van der Waals surface area contributed by atoms with Crippen LogP contribution in [-0.2, 0) is 19.2 Å². The van der Waals surface area contributed by atoms with Crippen molar-refractivity contribution in [3.63, 3.8) is 0 Å². The zero-order valence-electron chi connectivity index (χ0n) is 12.8. The standard InChI is InChI=1S/C13H22N4O6/c1-7(13(22)23)15-11(20)9-3-2-4-17(9)12(21)8(6-18)16-10(19)5-14/h7-9,18H,2-6,14H2,1H3,(H,15,20)(H,16,19)(H,22,23)/t7-,8-,9-/m0/s1. The molecule has 3 amide bonds. The van der Waals surface area contributed by atoms with Crippen LogP contribution in [0.1, 0.15) is 19.8 Å². The van der Waals surface area contributed by atoms with Gasteiger partial charge in [0, 0.05) is 6.54 Å². The number of aliphatic hydroxyl groups is 1. The molecule has 0 radical (unpaired) electrons. The summed E-state index contributed by atoms with van der Waals surface area (Å²) < 4.78 is 0. The van der Waals surface area contributed by atoms with Gasteiger partial charge in [0.2, 0.25) is 17.7 Å². The zero-order valence-corrected chi connectivity index (χ0v) is 12.8. The summed E-state index contributed by atoms with van der Waals surface area (Å²) in [6.45, 7) is 0.650. The third kappa shape index (κ3) is 4.89. The van der Waals surface area contributed by atoms with Crippen molar-refractivity contribution >= 4 is 23.7 Å². The minimum atomic E-state index is -1.18. The molecule has 10 nitrogen and oxygen atoms in total. The van der Waals surface area contributed by atoms with Gasteiger partial charge in [-0.1, -0.05) is 0 Å². The van der Waals surface area contributed by atoms with Gasteiger partial charge in [-0.3, -0.25) is 19.2 Å². The van der Waals surface area contributed by atoms with Gasteiger partial charge in [-0.15, -0.1) is 0 Å². The summed E-state index contributed by atoms with van der Waals surface area (Å²) in [5, 5.41) is 22.7. The molecule has 0 spiro atoms. The molecule has 130 valence electrons. The number of hydrogen-bond donors (Lipinski definition) is 5. The van der Waals surface area contributed by atoms with Crippen molar-refractivity contribution in [3.8, 4) is 0 Å². The summed E-state index contributed by atoms with van der Waals surface area (Å²) in [5.74, 6) is -2.96. The predicted molar refractivity (Wildman–Crippen MR) is 78.0 cm³/mol. The van der Waals surface area contributed by atoms with E-state index in [0.717, 1.165) is 0 Å². The number of aliphatic carboxylic acids is 1. The van der Waals surface area contributed by atoms with Gasteiger partial charge in [0.25, 0.3) is 0 Å². The predicted octanol–water partition coefficient (Wildman–Crippen LogP) is -3.00. The molecule has 1 rings (SSSR count). The Hall–Kier alpha value is -2.20. The maximum atomic E-state index is 12.4. The molecule has 6 N–H and O–H groups in total. The highest BCUT2D eigenvalue weighted by atomic mass is 16.4. The smallest absolute Gasteiger partial charge is 0.325 e. The fourth-order valence-corrected chi connectivity index (χ4v) is 2.31. The molecular formula is C13H22N4O6. The minimum absolute atomic E-state index is 0.285. The Kier molecular flexibility index (Phi) is 6.91. The molecule has 0 aromatic rings. The summed E-state index contributed by atoms with van der Waals surface area (Å²) in [5.41, 5.74) is 5.15. The van der Waals surface area contributed by atoms with Crippen LogP contribution in [0.2, 0.25) is 0 Å². The number of amides is 3. The summed E-state index contributed by atoms with van der Waals surface area (Å²) in [4.78, 5) is 47.8. The van der Waals surface area contributed by atoms with Gasteiger partial charge in [0.05, 0.1) is 13.2 Å². The van der Waals surface area contributed by atoms with Gasteiger partial charge in [-0.05, 0) is 19.8 Å². The van der Waals surface area contributed by atoms with Crippen molar-refractivity contribution in [2.45, 2.75) is 37.9 Å². The number of carbonyl (C=O) groups excluding carboxylic acids is 3. The highest BCUT2D eigenvalue weighted by Crippen LogP contribution is 2.18. The molecule has 0 aromatic carbocycles. The topological polar surface area (TPSA) is 162 Å². The molecule has 1 heterocycles. The molecule has 0 bridgehead atoms. The fourth-order valence-electron chi connectivity index (χ4n) is 2.31. The van der Waals surface area contributed by atoms with Crippen molar-refractivity contribution in [3.05, 3.63) is 0 Å². The third-order valence-electron chi connectivity index (χ3n) is 3.57. The number of hydrogen-bond acceptors (Lipinski definition) is 6. The Labute approximate surface area is 133 Å². The van der Waals surface area contributed by atoms with Gasteiger partial charge in [-0.2, -0.15) is 0 Å². The number of nitrogens with one attached hydrogen (secondary N) is 2. The SMILES string of the molecule is C[C@H](NC(=O)[C@@H]1CCCN1C(=O)[C@H](CO)NC(=O)CN)C(=O)O. The molecular weight excluding hydrogens is 308 g/mol. The first-order valence-electron chi connectivity index (χ1n) is 7.25. The zero-order chi connectivity index (χ0) is 17.6. The van der Waals surface area contributed by atoms with E-state index in [1.165, 1.54) is 11.8 Å². The molecule has 1 fully saturated rings. The summed E-state index contributed by atoms with van der Waals surface area (Å²) in [6.07, 6.45) is 0.946. The second-order valence-corrected chi connectivity index (χ2v) is 5.26. The minimum Gasteiger partial charge on any atom is -0.480 e. The lowest BCUT2D eigenvalue weighted by atomic mass is 10.1. The van der Waals surface area contributed by atoms with E-state index in [1.54, 1.807) is 0 Å². The van der Waals surface area contributed by atoms with Crippen LogP contribution in [0.15, 0.2) is 0 Å². The number of carboxylic acids is 1. The van der Waals surface area contributed by atoms with Crippen LogP contribution in [-0.4, -0.2) is 76.6 Å². The van der Waals surface area contributed by atoms with Crippen molar-refractivity contribution in [1.29, 1.82) is 0 Å². The number of nitrogens with zero attached hydrogens (tertiary/aromatic N) is 1. The molecule has 3 atom stereocenters. The molecule has 1 saturated heterocycles. The van der Waals surface area contributed by atoms with E-state index in [0.29, 0.717) is 12.8 Å². The molecule has 0 unspecified atom stereocenters. The van der Waals surface area contributed by atoms with Crippen LogP contribution >= 0.6 is 0 Å². The second kappa shape index (κ2) is 8.44. The molecule has 0 aromatic heterocycles. The number of carbonyl (C=O) groups is 4. The molecule has 0 aliphatic carbocycles. The number of likely N-dealkylation sites (tertiary alicyclic amines) is 1. The monoisotopic (exact) mass is 330 g/mol. The Morgan fingerprint density at radius 2 is 1.96 bits per heavy atom. The highest BCUT2D eigenvalue weighted by molar-refractivity contribution is 5.94. The van der Waals surface area contributed by atoms with Crippen LogP contribution in [0.25, 0.3) is 0 Å². The molecule has 1 aliphatic heterocycles. The average molecular weight is 330 g/mol. The number of aliphatic hydroxyl groups excluding tert-OH is 1. The highest BCUT2D eigenvalue weighted by Gasteiger charge is 2.38. The molecule has 1 aliphatic rings. The Morgan fingerprint density at radius 1 is 1.30 bits per heavy atom. The van der Waals surface area contributed by atoms with Crippen LogP contribution in [0, 0.1) is 0 Å². The van der Waals surface area contributed by atoms with Crippen LogP contribution in [0.4, 0.5) is 0 Å². The van der Waals surface area contributed by atoms with E-state index in [2.05, 4.69) is 10.6 Å². The third-order valence-corrected chi connectivity index (χ3v) is 3.57. The largest absolute Gasteiger partial charge is 0.480 e. The average Bonchev–Trinajstić information content (AvgIpc) is 3.00. The van der Waals surface area contributed by atoms with E-state index >= 15 is 0 Å². The van der Waals surface area contributed by atoms with Crippen LogP contribution in [0.3, 0.4) is 0 Å². The van der Waals surface area contributed by atoms with Gasteiger partial charge < -0.3 is 31.5 Å². The van der Waals surface area contributed by atoms with Crippen molar-refractivity contribution in [1.82, 2.24) is 15.5 Å². The molecule has 0 saturated carbocycles. The quantitative estimate of drug-likeness (QED) is 0.332. The van der Waals surface area contributed by atoms with E-state index < -0.39 is 48.4 Å². The van der Waals surface area contributed by atoms with E-state index in [-0.39, 0.29) is 13.1 Å². The number of carboxylic acid groups (broad SMARTS) is 1. The van der Waals surface area contributed by atoms with Crippen molar-refractivity contribution in [2.75, 3.05) is 19.7 Å². The summed E-state index contributed by atoms with van der Waals surface area (Å²) >= 11 is 0. The van der Waals surface area contributed by atoms with E-state index in [4.69, 9.17) is 10.8 Å². The molecule has 23 heavy (non-hydrogen) atoms. The molecule has 10 heteroatoms. The number of nitrogens with two attached hydrogens (primary N) is 1. The lowest BCUT2D eigenvalue weighted by molar-refractivity contribution is -0.144. The first-order valence-corrected chi connectivity index (χ1v) is 7.25. The van der Waals surface area contributed by atoms with E-state index in [9.17, 15) is 24.3 Å². The van der Waals surface area contributed by atoms with Crippen molar-refractivity contribution < 1.29 is 29.4 Å². The normalized spacial score (nSPS) is 19.8. The van der Waals surface area contributed by atoms with Crippen LogP contribution in [0.5, 0.6) is 0 Å². The maximum absolute atomic E-state index is 12.4. The summed E-state index contributed by atoms with van der Waals surface area (Å²) in [7, 11) is 0. The van der Waals surface area contributed by atoms with Crippen LogP contribution < -0.4 is 16.4 Å². The maximum Gasteiger partial charge on any atom is 0.325 e. The fraction of sp³-hybridized carbons (Fsp3) is 0.692. The lowest BCUT2D eigenvalue weighted by Crippen LogP contribution is -2.56. The Balaban J connectivity index is 2.76. The van der Waals surface area contributed by atoms with Gasteiger partial charge in [0.15, 0.2) is 0 Å². The summed E-state index contributed by atoms with van der Waals surface area (Å²) in [6, 6.07) is -3.09. The van der Waals surface area contributed by atoms with Gasteiger partial charge >= 0.3 is 5.97 Å². The Morgan fingerprint density at radius 3 is 2.48 bits per heavy atom. The lowest BCUT2D eigenvalue weighted by Gasteiger charge is -2.28. The Bertz CT molecular complexity index is 483. The van der Waals surface area contributed by atoms with E-state index in [1.807, 2.05) is 0 Å².